The van der Waals surface area contributed by atoms with Crippen molar-refractivity contribution in [1.29, 1.82) is 0 Å². The van der Waals surface area contributed by atoms with Gasteiger partial charge in [0.15, 0.2) is 5.13 Å². The fourth-order valence-electron chi connectivity index (χ4n) is 1.84. The van der Waals surface area contributed by atoms with Crippen molar-refractivity contribution in [2.75, 3.05) is 23.5 Å². The second-order valence-corrected chi connectivity index (χ2v) is 6.18. The third-order valence-electron chi connectivity index (χ3n) is 2.84. The summed E-state index contributed by atoms with van der Waals surface area (Å²) in [7, 11) is 0. The SMILES string of the molecule is O=C(CN1CSCC1=O)Nc1nc(-c2ccccn2)cs1. The molecule has 2 aromatic heterocycles. The molecule has 3 heterocycles. The van der Waals surface area contributed by atoms with Gasteiger partial charge in [0.2, 0.25) is 11.8 Å². The van der Waals surface area contributed by atoms with Crippen molar-refractivity contribution < 1.29 is 9.59 Å². The van der Waals surface area contributed by atoms with Crippen molar-refractivity contribution >= 4 is 40.0 Å². The van der Waals surface area contributed by atoms with Gasteiger partial charge in [-0.1, -0.05) is 6.07 Å². The maximum Gasteiger partial charge on any atom is 0.245 e. The van der Waals surface area contributed by atoms with Gasteiger partial charge in [-0.05, 0) is 12.1 Å². The van der Waals surface area contributed by atoms with Gasteiger partial charge in [-0.3, -0.25) is 14.6 Å². The van der Waals surface area contributed by atoms with Crippen molar-refractivity contribution in [3.63, 3.8) is 0 Å². The molecule has 1 aliphatic rings. The van der Waals surface area contributed by atoms with E-state index in [-0.39, 0.29) is 18.4 Å². The first kappa shape index (κ1) is 14.0. The van der Waals surface area contributed by atoms with Gasteiger partial charge in [0.1, 0.15) is 12.2 Å². The number of pyridine rings is 1. The van der Waals surface area contributed by atoms with Crippen LogP contribution in [0.4, 0.5) is 5.13 Å². The van der Waals surface area contributed by atoms with E-state index in [0.717, 1.165) is 11.4 Å². The molecule has 1 saturated heterocycles. The van der Waals surface area contributed by atoms with Crippen LogP contribution in [0.3, 0.4) is 0 Å². The second-order valence-electron chi connectivity index (χ2n) is 4.37. The summed E-state index contributed by atoms with van der Waals surface area (Å²) >= 11 is 2.85. The van der Waals surface area contributed by atoms with E-state index in [2.05, 4.69) is 15.3 Å². The highest BCUT2D eigenvalue weighted by Crippen LogP contribution is 2.23. The molecule has 0 spiro atoms. The summed E-state index contributed by atoms with van der Waals surface area (Å²) in [5.41, 5.74) is 1.49. The quantitative estimate of drug-likeness (QED) is 0.927. The van der Waals surface area contributed by atoms with Crippen molar-refractivity contribution in [1.82, 2.24) is 14.9 Å². The van der Waals surface area contributed by atoms with Crippen LogP contribution in [-0.4, -0.2) is 44.9 Å². The number of amides is 2. The van der Waals surface area contributed by atoms with E-state index in [1.54, 1.807) is 6.20 Å². The molecule has 108 valence electrons. The highest BCUT2D eigenvalue weighted by molar-refractivity contribution is 8.00. The molecule has 0 radical (unpaired) electrons. The molecule has 1 N–H and O–H groups in total. The van der Waals surface area contributed by atoms with Crippen LogP contribution in [0.25, 0.3) is 11.4 Å². The molecular formula is C13H12N4O2S2. The largest absolute Gasteiger partial charge is 0.323 e. The molecule has 6 nitrogen and oxygen atoms in total. The van der Waals surface area contributed by atoms with Gasteiger partial charge in [0.05, 0.1) is 17.3 Å². The Kier molecular flexibility index (Phi) is 4.16. The lowest BCUT2D eigenvalue weighted by atomic mass is 10.3. The summed E-state index contributed by atoms with van der Waals surface area (Å²) in [4.78, 5) is 33.4. The van der Waals surface area contributed by atoms with E-state index >= 15 is 0 Å². The first-order valence-corrected chi connectivity index (χ1v) is 8.28. The Bertz CT molecular complexity index is 659. The number of aromatic nitrogens is 2. The van der Waals surface area contributed by atoms with Crippen LogP contribution >= 0.6 is 23.1 Å². The number of carbonyl (C=O) groups excluding carboxylic acids is 2. The number of hydrogen-bond acceptors (Lipinski definition) is 6. The van der Waals surface area contributed by atoms with Crippen molar-refractivity contribution in [2.24, 2.45) is 0 Å². The summed E-state index contributed by atoms with van der Waals surface area (Å²) in [6.07, 6.45) is 1.70. The topological polar surface area (TPSA) is 75.2 Å². The normalized spacial score (nSPS) is 14.5. The Labute approximate surface area is 129 Å². The minimum atomic E-state index is -0.229. The molecule has 2 amide bonds. The van der Waals surface area contributed by atoms with Crippen LogP contribution in [0.15, 0.2) is 29.8 Å². The van der Waals surface area contributed by atoms with Gasteiger partial charge in [-0.15, -0.1) is 23.1 Å². The monoisotopic (exact) mass is 320 g/mol. The second kappa shape index (κ2) is 6.23. The molecule has 2 aromatic rings. The van der Waals surface area contributed by atoms with Gasteiger partial charge in [-0.25, -0.2) is 4.98 Å². The number of nitrogens with one attached hydrogen (secondary N) is 1. The molecule has 1 fully saturated rings. The van der Waals surface area contributed by atoms with Crippen LogP contribution in [0.2, 0.25) is 0 Å². The van der Waals surface area contributed by atoms with Gasteiger partial charge < -0.3 is 10.2 Å². The Morgan fingerprint density at radius 1 is 1.38 bits per heavy atom. The third-order valence-corrected chi connectivity index (χ3v) is 4.54. The predicted octanol–water partition coefficient (Wildman–Crippen LogP) is 1.68. The number of thiazole rings is 1. The maximum absolute atomic E-state index is 11.9. The molecule has 3 rings (SSSR count). The smallest absolute Gasteiger partial charge is 0.245 e. The van der Waals surface area contributed by atoms with Gasteiger partial charge in [0, 0.05) is 11.6 Å². The van der Waals surface area contributed by atoms with Gasteiger partial charge >= 0.3 is 0 Å². The minimum Gasteiger partial charge on any atom is -0.323 e. The van der Waals surface area contributed by atoms with Crippen LogP contribution in [0, 0.1) is 0 Å². The highest BCUT2D eigenvalue weighted by atomic mass is 32.2. The van der Waals surface area contributed by atoms with Gasteiger partial charge in [-0.2, -0.15) is 0 Å². The van der Waals surface area contributed by atoms with E-state index < -0.39 is 0 Å². The molecule has 1 aliphatic heterocycles. The Balaban J connectivity index is 1.62. The fourth-order valence-corrected chi connectivity index (χ4v) is 3.46. The van der Waals surface area contributed by atoms with Crippen molar-refractivity contribution in [3.05, 3.63) is 29.8 Å². The molecule has 0 bridgehead atoms. The Morgan fingerprint density at radius 2 is 2.29 bits per heavy atom. The van der Waals surface area contributed by atoms with Crippen LogP contribution in [0.5, 0.6) is 0 Å². The highest BCUT2D eigenvalue weighted by Gasteiger charge is 2.23. The van der Waals surface area contributed by atoms with Crippen LogP contribution in [-0.2, 0) is 9.59 Å². The number of carbonyl (C=O) groups is 2. The number of anilines is 1. The zero-order valence-corrected chi connectivity index (χ0v) is 12.6. The number of thioether (sulfide) groups is 1. The molecule has 0 aliphatic carbocycles. The summed E-state index contributed by atoms with van der Waals surface area (Å²) in [5.74, 6) is 0.800. The first-order chi connectivity index (χ1) is 10.2. The molecule has 0 unspecified atom stereocenters. The van der Waals surface area contributed by atoms with E-state index in [4.69, 9.17) is 0 Å². The third kappa shape index (κ3) is 3.40. The maximum atomic E-state index is 11.9. The molecule has 0 atom stereocenters. The first-order valence-electron chi connectivity index (χ1n) is 6.24. The standard InChI is InChI=1S/C13H12N4O2S2/c18-11(5-17-8-20-7-12(17)19)16-13-15-10(6-21-13)9-3-1-2-4-14-9/h1-4,6H,5,7-8H2,(H,15,16,18). The van der Waals surface area contributed by atoms with E-state index in [1.165, 1.54) is 28.0 Å². The lowest BCUT2D eigenvalue weighted by Crippen LogP contribution is -2.34. The average molecular weight is 320 g/mol. The van der Waals surface area contributed by atoms with E-state index in [1.807, 2.05) is 23.6 Å². The minimum absolute atomic E-state index is 0.00321. The lowest BCUT2D eigenvalue weighted by Gasteiger charge is -2.12. The number of hydrogen-bond donors (Lipinski definition) is 1. The van der Waals surface area contributed by atoms with E-state index in [9.17, 15) is 9.59 Å². The predicted molar refractivity (Wildman–Crippen MR) is 83.0 cm³/mol. The number of nitrogens with zero attached hydrogens (tertiary/aromatic N) is 3. The summed E-state index contributed by atoms with van der Waals surface area (Å²) in [6.45, 7) is 0.0737. The lowest BCUT2D eigenvalue weighted by molar-refractivity contribution is -0.130. The van der Waals surface area contributed by atoms with Crippen molar-refractivity contribution in [2.45, 2.75) is 0 Å². The Hall–Kier alpha value is -1.93. The van der Waals surface area contributed by atoms with Crippen molar-refractivity contribution in [3.8, 4) is 11.4 Å². The summed E-state index contributed by atoms with van der Waals surface area (Å²) < 4.78 is 0. The molecule has 21 heavy (non-hydrogen) atoms. The molecule has 0 saturated carbocycles. The van der Waals surface area contributed by atoms with Gasteiger partial charge in [0.25, 0.3) is 0 Å². The number of rotatable bonds is 4. The zero-order chi connectivity index (χ0) is 14.7. The summed E-state index contributed by atoms with van der Waals surface area (Å²) in [6, 6.07) is 5.58. The molecular weight excluding hydrogens is 308 g/mol. The summed E-state index contributed by atoms with van der Waals surface area (Å²) in [5, 5.41) is 5.07. The molecule has 8 heteroatoms. The van der Waals surface area contributed by atoms with E-state index in [0.29, 0.717) is 16.8 Å². The van der Waals surface area contributed by atoms with Crippen LogP contribution < -0.4 is 5.32 Å². The fraction of sp³-hybridized carbons (Fsp3) is 0.231. The molecule has 0 aromatic carbocycles. The average Bonchev–Trinajstić information content (AvgIpc) is 3.10. The zero-order valence-electron chi connectivity index (χ0n) is 11.0. The van der Waals surface area contributed by atoms with Crippen LogP contribution in [0.1, 0.15) is 0 Å². The Morgan fingerprint density at radius 3 is 3.00 bits per heavy atom.